The summed E-state index contributed by atoms with van der Waals surface area (Å²) < 4.78 is 50.5. The van der Waals surface area contributed by atoms with Gasteiger partial charge >= 0.3 is 12.1 Å². The number of rotatable bonds is 7. The number of nitrogens with one attached hydrogen (secondary N) is 1. The van der Waals surface area contributed by atoms with Gasteiger partial charge in [0, 0.05) is 22.5 Å². The van der Waals surface area contributed by atoms with Gasteiger partial charge in [-0.1, -0.05) is 32.4 Å². The van der Waals surface area contributed by atoms with Crippen molar-refractivity contribution in [1.29, 1.82) is 0 Å². The van der Waals surface area contributed by atoms with Gasteiger partial charge in [0.25, 0.3) is 0 Å². The monoisotopic (exact) mass is 419 g/mol. The van der Waals surface area contributed by atoms with Gasteiger partial charge < -0.3 is 14.8 Å². The molecule has 156 valence electrons. The molecule has 0 aromatic heterocycles. The minimum absolute atomic E-state index is 0.0355. The molecule has 1 N–H and O–H groups in total. The fourth-order valence-electron chi connectivity index (χ4n) is 3.03. The number of alkyl halides is 3. The van der Waals surface area contributed by atoms with Crippen LogP contribution in [0.3, 0.4) is 0 Å². The Labute approximate surface area is 168 Å². The number of esters is 1. The smallest absolute Gasteiger partial charge is 0.430 e. The highest BCUT2D eigenvalue weighted by Gasteiger charge is 2.49. The Balaban J connectivity index is 2.47. The van der Waals surface area contributed by atoms with Gasteiger partial charge in [-0.15, -0.1) is 0 Å². The van der Waals surface area contributed by atoms with E-state index in [9.17, 15) is 18.0 Å². The van der Waals surface area contributed by atoms with Crippen LogP contribution in [0.5, 0.6) is 5.75 Å². The van der Waals surface area contributed by atoms with E-state index in [1.54, 1.807) is 0 Å². The van der Waals surface area contributed by atoms with Crippen molar-refractivity contribution in [1.82, 2.24) is 5.32 Å². The van der Waals surface area contributed by atoms with Crippen LogP contribution >= 0.6 is 11.6 Å². The molecule has 0 aliphatic carbocycles. The van der Waals surface area contributed by atoms with Gasteiger partial charge in [-0.25, -0.2) is 4.79 Å². The highest BCUT2D eigenvalue weighted by molar-refractivity contribution is 6.31. The summed E-state index contributed by atoms with van der Waals surface area (Å²) in [5, 5.41) is 3.70. The van der Waals surface area contributed by atoms with Gasteiger partial charge in [-0.3, -0.25) is 0 Å². The molecule has 0 saturated heterocycles. The Morgan fingerprint density at radius 1 is 1.29 bits per heavy atom. The number of halogens is 4. The topological polar surface area (TPSA) is 47.6 Å². The fraction of sp³-hybridized carbons (Fsp3) is 0.550. The van der Waals surface area contributed by atoms with Crippen LogP contribution in [0.1, 0.15) is 45.2 Å². The van der Waals surface area contributed by atoms with E-state index in [-0.39, 0.29) is 12.4 Å². The largest absolute Gasteiger partial charge is 0.475 e. The summed E-state index contributed by atoms with van der Waals surface area (Å²) in [5.74, 6) is -1.02. The van der Waals surface area contributed by atoms with Crippen LogP contribution in [-0.4, -0.2) is 37.9 Å². The summed E-state index contributed by atoms with van der Waals surface area (Å²) in [6.07, 6.45) is -5.03. The lowest BCUT2D eigenvalue weighted by atomic mass is 9.83. The van der Waals surface area contributed by atoms with E-state index in [2.05, 4.69) is 5.32 Å². The Morgan fingerprint density at radius 2 is 1.96 bits per heavy atom. The van der Waals surface area contributed by atoms with Gasteiger partial charge in [0.05, 0.1) is 12.2 Å². The zero-order valence-electron chi connectivity index (χ0n) is 16.4. The highest BCUT2D eigenvalue weighted by atomic mass is 35.5. The molecule has 0 amide bonds. The first kappa shape index (κ1) is 22.6. The van der Waals surface area contributed by atoms with Gasteiger partial charge in [0.15, 0.2) is 0 Å². The lowest BCUT2D eigenvalue weighted by Crippen LogP contribution is -2.41. The molecule has 8 heteroatoms. The minimum Gasteiger partial charge on any atom is -0.475 e. The predicted molar refractivity (Wildman–Crippen MR) is 103 cm³/mol. The predicted octanol–water partition coefficient (Wildman–Crippen LogP) is 4.89. The van der Waals surface area contributed by atoms with Crippen molar-refractivity contribution in [2.45, 2.75) is 51.8 Å². The highest BCUT2D eigenvalue weighted by Crippen LogP contribution is 2.42. The molecule has 1 aromatic rings. The van der Waals surface area contributed by atoms with Crippen molar-refractivity contribution in [3.8, 4) is 5.75 Å². The van der Waals surface area contributed by atoms with Gasteiger partial charge in [-0.05, 0) is 43.7 Å². The van der Waals surface area contributed by atoms with E-state index >= 15 is 0 Å². The quantitative estimate of drug-likeness (QED) is 0.505. The van der Waals surface area contributed by atoms with Gasteiger partial charge in [0.2, 0.25) is 6.10 Å². The number of carbonyl (C=O) groups excluding carboxylic acids is 1. The van der Waals surface area contributed by atoms with Crippen LogP contribution in [0.2, 0.25) is 5.02 Å². The molecule has 0 radical (unpaired) electrons. The molecule has 1 aromatic carbocycles. The van der Waals surface area contributed by atoms with Crippen molar-refractivity contribution in [3.05, 3.63) is 33.9 Å². The zero-order chi connectivity index (χ0) is 21.1. The third kappa shape index (κ3) is 5.00. The second-order valence-corrected chi connectivity index (χ2v) is 7.70. The third-order valence-electron chi connectivity index (χ3n) is 4.47. The summed E-state index contributed by atoms with van der Waals surface area (Å²) in [7, 11) is 0. The van der Waals surface area contributed by atoms with Crippen molar-refractivity contribution >= 4 is 23.6 Å². The summed E-state index contributed by atoms with van der Waals surface area (Å²) in [5.41, 5.74) is -0.0293. The van der Waals surface area contributed by atoms with Gasteiger partial charge in [-0.2, -0.15) is 13.2 Å². The maximum Gasteiger partial charge on any atom is 0.430 e. The number of carbonyl (C=O) groups is 1. The van der Waals surface area contributed by atoms with E-state index < -0.39 is 29.2 Å². The zero-order valence-corrected chi connectivity index (χ0v) is 17.1. The molecule has 1 heterocycles. The molecule has 1 unspecified atom stereocenters. The van der Waals surface area contributed by atoms with E-state index in [0.29, 0.717) is 22.7 Å². The first-order valence-corrected chi connectivity index (χ1v) is 9.55. The number of ether oxygens (including phenoxy) is 2. The standard InChI is InChI=1S/C20H25ClF3NO3/c1-5-7-25-11-19(3,4)14-10-16-12(9-15(14)21)8-13(18(26)27-6-2)17(28-16)20(22,23)24/h8-10,17,25H,5-7,11H2,1-4H3. The van der Waals surface area contributed by atoms with Crippen LogP contribution in [0.25, 0.3) is 6.08 Å². The molecule has 0 spiro atoms. The lowest BCUT2D eigenvalue weighted by molar-refractivity contribution is -0.187. The molecule has 0 bridgehead atoms. The van der Waals surface area contributed by atoms with E-state index in [1.165, 1.54) is 19.1 Å². The van der Waals surface area contributed by atoms with E-state index in [4.69, 9.17) is 21.1 Å². The van der Waals surface area contributed by atoms with Crippen LogP contribution < -0.4 is 10.1 Å². The van der Waals surface area contributed by atoms with E-state index in [1.807, 2.05) is 20.8 Å². The molecule has 0 fully saturated rings. The Kier molecular flexibility index (Phi) is 7.04. The molecular weight excluding hydrogens is 395 g/mol. The second kappa shape index (κ2) is 8.74. The second-order valence-electron chi connectivity index (χ2n) is 7.29. The summed E-state index contributed by atoms with van der Waals surface area (Å²) in [6.45, 7) is 8.86. The number of hydrogen-bond donors (Lipinski definition) is 1. The maximum absolute atomic E-state index is 13.5. The van der Waals surface area contributed by atoms with E-state index in [0.717, 1.165) is 19.0 Å². The number of fused-ring (bicyclic) bond motifs is 1. The lowest BCUT2D eigenvalue weighted by Gasteiger charge is -2.31. The average Bonchev–Trinajstić information content (AvgIpc) is 2.59. The Hall–Kier alpha value is -1.73. The Morgan fingerprint density at radius 3 is 2.54 bits per heavy atom. The summed E-state index contributed by atoms with van der Waals surface area (Å²) in [6, 6.07) is 3.06. The van der Waals surface area contributed by atoms with Gasteiger partial charge in [0.1, 0.15) is 5.75 Å². The maximum atomic E-state index is 13.5. The average molecular weight is 420 g/mol. The summed E-state index contributed by atoms with van der Waals surface area (Å²) in [4.78, 5) is 12.0. The van der Waals surface area contributed by atoms with Crippen LogP contribution in [-0.2, 0) is 14.9 Å². The van der Waals surface area contributed by atoms with Crippen molar-refractivity contribution in [2.75, 3.05) is 19.7 Å². The molecule has 4 nitrogen and oxygen atoms in total. The first-order chi connectivity index (χ1) is 13.0. The number of hydrogen-bond acceptors (Lipinski definition) is 4. The molecule has 2 rings (SSSR count). The van der Waals surface area contributed by atoms with Crippen LogP contribution in [0, 0.1) is 0 Å². The molecule has 0 saturated carbocycles. The summed E-state index contributed by atoms with van der Waals surface area (Å²) >= 11 is 6.42. The van der Waals surface area contributed by atoms with Crippen LogP contribution in [0.15, 0.2) is 17.7 Å². The molecular formula is C20H25ClF3NO3. The normalized spacial score (nSPS) is 16.9. The fourth-order valence-corrected chi connectivity index (χ4v) is 3.46. The third-order valence-corrected chi connectivity index (χ3v) is 4.78. The van der Waals surface area contributed by atoms with Crippen molar-refractivity contribution < 1.29 is 27.4 Å². The van der Waals surface area contributed by atoms with Crippen molar-refractivity contribution in [3.63, 3.8) is 0 Å². The van der Waals surface area contributed by atoms with Crippen LogP contribution in [0.4, 0.5) is 13.2 Å². The molecule has 1 aliphatic heterocycles. The SMILES string of the molecule is CCCNCC(C)(C)c1cc2c(cc1Cl)C=C(C(=O)OCC)C(C(F)(F)F)O2. The first-order valence-electron chi connectivity index (χ1n) is 9.18. The van der Waals surface area contributed by atoms with Crippen molar-refractivity contribution in [2.24, 2.45) is 0 Å². The Bertz CT molecular complexity index is 760. The molecule has 1 aliphatic rings. The molecule has 28 heavy (non-hydrogen) atoms. The minimum atomic E-state index is -4.76. The molecule has 1 atom stereocenters. The number of benzene rings is 1.